The van der Waals surface area contributed by atoms with Crippen LogP contribution < -0.4 is 10.6 Å². The zero-order valence-corrected chi connectivity index (χ0v) is 16.4. The lowest BCUT2D eigenvalue weighted by Gasteiger charge is -2.09. The van der Waals surface area contributed by atoms with Gasteiger partial charge >= 0.3 is 0 Å². The first-order valence-corrected chi connectivity index (χ1v) is 9.26. The van der Waals surface area contributed by atoms with Crippen molar-refractivity contribution in [1.82, 2.24) is 20.1 Å². The molecule has 0 unspecified atom stereocenters. The molecule has 0 radical (unpaired) electrons. The summed E-state index contributed by atoms with van der Waals surface area (Å²) in [5.41, 5.74) is 2.38. The number of anilines is 1. The van der Waals surface area contributed by atoms with Crippen molar-refractivity contribution in [3.63, 3.8) is 0 Å². The van der Waals surface area contributed by atoms with Crippen LogP contribution >= 0.6 is 0 Å². The average molecular weight is 410 g/mol. The summed E-state index contributed by atoms with van der Waals surface area (Å²) in [7, 11) is 1.55. The molecule has 0 aliphatic rings. The van der Waals surface area contributed by atoms with Gasteiger partial charge in [-0.05, 0) is 23.3 Å². The Morgan fingerprint density at radius 3 is 2.63 bits per heavy atom. The Balaban J connectivity index is 1.60. The van der Waals surface area contributed by atoms with Gasteiger partial charge in [0.15, 0.2) is 0 Å². The minimum atomic E-state index is -0.514. The van der Waals surface area contributed by atoms with E-state index in [1.165, 1.54) is 18.5 Å². The minimum Gasteiger partial charge on any atom is -0.383 e. The number of hydrogen-bond donors (Lipinski definition) is 2. The molecule has 0 atom stereocenters. The summed E-state index contributed by atoms with van der Waals surface area (Å²) in [6, 6.07) is 12.1. The number of nitrogens with one attached hydrogen (secondary N) is 2. The molecule has 3 rings (SSSR count). The summed E-state index contributed by atoms with van der Waals surface area (Å²) in [5, 5.41) is 21.1. The number of nitrogens with zero attached hydrogens (tertiary/aromatic N) is 4. The molecule has 2 aromatic carbocycles. The normalized spacial score (nSPS) is 10.6. The van der Waals surface area contributed by atoms with Gasteiger partial charge in [0.1, 0.15) is 18.3 Å². The van der Waals surface area contributed by atoms with Crippen molar-refractivity contribution in [2.75, 3.05) is 25.6 Å². The first-order chi connectivity index (χ1) is 14.6. The van der Waals surface area contributed by atoms with E-state index in [1.54, 1.807) is 24.2 Å². The van der Waals surface area contributed by atoms with Crippen LogP contribution in [0.25, 0.3) is 0 Å². The van der Waals surface area contributed by atoms with E-state index in [1.807, 2.05) is 24.3 Å². The number of rotatable bonds is 10. The van der Waals surface area contributed by atoms with E-state index in [2.05, 4.69) is 20.7 Å². The Kier molecular flexibility index (Phi) is 7.06. The second kappa shape index (κ2) is 10.1. The van der Waals surface area contributed by atoms with Crippen molar-refractivity contribution in [3.05, 3.63) is 81.9 Å². The molecule has 1 amide bonds. The predicted octanol–water partition coefficient (Wildman–Crippen LogP) is 2.22. The highest BCUT2D eigenvalue weighted by Gasteiger charge is 2.17. The highest BCUT2D eigenvalue weighted by Crippen LogP contribution is 2.25. The second-order valence-electron chi connectivity index (χ2n) is 6.50. The zero-order valence-electron chi connectivity index (χ0n) is 16.4. The third-order valence-corrected chi connectivity index (χ3v) is 4.37. The van der Waals surface area contributed by atoms with Gasteiger partial charge in [0.2, 0.25) is 0 Å². The quantitative estimate of drug-likeness (QED) is 0.298. The van der Waals surface area contributed by atoms with E-state index >= 15 is 0 Å². The fraction of sp³-hybridized carbons (Fsp3) is 0.250. The van der Waals surface area contributed by atoms with E-state index in [9.17, 15) is 14.9 Å². The van der Waals surface area contributed by atoms with Crippen molar-refractivity contribution < 1.29 is 14.5 Å². The maximum atomic E-state index is 12.5. The van der Waals surface area contributed by atoms with Crippen molar-refractivity contribution in [2.24, 2.45) is 0 Å². The lowest BCUT2D eigenvalue weighted by Crippen LogP contribution is -2.23. The third kappa shape index (κ3) is 5.61. The first kappa shape index (κ1) is 20.9. The molecule has 2 N–H and O–H groups in total. The van der Waals surface area contributed by atoms with Crippen LogP contribution in [-0.2, 0) is 17.8 Å². The number of nitro groups is 1. The van der Waals surface area contributed by atoms with Gasteiger partial charge in [0.05, 0.1) is 18.1 Å². The Morgan fingerprint density at radius 2 is 1.97 bits per heavy atom. The molecule has 0 aliphatic heterocycles. The highest BCUT2D eigenvalue weighted by molar-refractivity contribution is 5.95. The van der Waals surface area contributed by atoms with Gasteiger partial charge in [-0.25, -0.2) is 9.67 Å². The summed E-state index contributed by atoms with van der Waals surface area (Å²) >= 11 is 0. The fourth-order valence-corrected chi connectivity index (χ4v) is 2.81. The Labute approximate surface area is 173 Å². The summed E-state index contributed by atoms with van der Waals surface area (Å²) < 4.78 is 6.65. The van der Waals surface area contributed by atoms with Crippen molar-refractivity contribution in [2.45, 2.75) is 13.1 Å². The van der Waals surface area contributed by atoms with Gasteiger partial charge in [-0.15, -0.1) is 0 Å². The maximum Gasteiger partial charge on any atom is 0.293 e. The molecule has 0 saturated heterocycles. The molecule has 0 spiro atoms. The molecule has 0 saturated carbocycles. The number of benzene rings is 2. The van der Waals surface area contributed by atoms with Crippen LogP contribution in [0.1, 0.15) is 21.5 Å². The lowest BCUT2D eigenvalue weighted by molar-refractivity contribution is -0.384. The van der Waals surface area contributed by atoms with Gasteiger partial charge in [-0.2, -0.15) is 5.10 Å². The van der Waals surface area contributed by atoms with Crippen LogP contribution in [0.5, 0.6) is 0 Å². The summed E-state index contributed by atoms with van der Waals surface area (Å²) in [6.45, 7) is 1.76. The second-order valence-corrected chi connectivity index (χ2v) is 6.50. The molecule has 156 valence electrons. The SMILES string of the molecule is COCCNc1ccc(C(=O)NCc2ccc(Cn3cncn3)cc2)cc1[N+](=O)[O-]. The minimum absolute atomic E-state index is 0.156. The highest BCUT2D eigenvalue weighted by atomic mass is 16.6. The molecule has 0 bridgehead atoms. The Hall–Kier alpha value is -3.79. The fourth-order valence-electron chi connectivity index (χ4n) is 2.81. The third-order valence-electron chi connectivity index (χ3n) is 4.37. The molecule has 30 heavy (non-hydrogen) atoms. The molecule has 10 nitrogen and oxygen atoms in total. The standard InChI is InChI=1S/C20H22N6O4/c1-30-9-8-22-18-7-6-17(10-19(18)26(28)29)20(27)23-11-15-2-4-16(5-3-15)12-25-14-21-13-24-25/h2-7,10,13-14,22H,8-9,11-12H2,1H3,(H,23,27). The number of methoxy groups -OCH3 is 1. The van der Waals surface area contributed by atoms with Crippen LogP contribution in [0.4, 0.5) is 11.4 Å². The van der Waals surface area contributed by atoms with Gasteiger partial charge in [-0.3, -0.25) is 14.9 Å². The summed E-state index contributed by atoms with van der Waals surface area (Å²) in [5.74, 6) is -0.381. The van der Waals surface area contributed by atoms with Crippen LogP contribution in [0, 0.1) is 10.1 Å². The Bertz CT molecular complexity index is 989. The lowest BCUT2D eigenvalue weighted by atomic mass is 10.1. The molecular formula is C20H22N6O4. The predicted molar refractivity (Wildman–Crippen MR) is 110 cm³/mol. The summed E-state index contributed by atoms with van der Waals surface area (Å²) in [4.78, 5) is 27.2. The largest absolute Gasteiger partial charge is 0.383 e. The number of ether oxygens (including phenoxy) is 1. The van der Waals surface area contributed by atoms with Gasteiger partial charge in [0.25, 0.3) is 11.6 Å². The smallest absolute Gasteiger partial charge is 0.293 e. The van der Waals surface area contributed by atoms with Gasteiger partial charge in [0, 0.05) is 31.8 Å². The molecule has 1 aromatic heterocycles. The van der Waals surface area contributed by atoms with E-state index in [4.69, 9.17) is 4.74 Å². The Morgan fingerprint density at radius 1 is 1.20 bits per heavy atom. The van der Waals surface area contributed by atoms with Crippen LogP contribution in [0.15, 0.2) is 55.1 Å². The van der Waals surface area contributed by atoms with Gasteiger partial charge in [-0.1, -0.05) is 24.3 Å². The number of carbonyl (C=O) groups is 1. The van der Waals surface area contributed by atoms with E-state index < -0.39 is 4.92 Å². The van der Waals surface area contributed by atoms with Gasteiger partial charge < -0.3 is 15.4 Å². The number of amides is 1. The molecule has 1 heterocycles. The first-order valence-electron chi connectivity index (χ1n) is 9.26. The number of nitro benzene ring substituents is 1. The van der Waals surface area contributed by atoms with E-state index in [0.29, 0.717) is 31.9 Å². The number of aromatic nitrogens is 3. The van der Waals surface area contributed by atoms with Crippen molar-refractivity contribution >= 4 is 17.3 Å². The van der Waals surface area contributed by atoms with Crippen molar-refractivity contribution in [1.29, 1.82) is 0 Å². The molecule has 0 aliphatic carbocycles. The van der Waals surface area contributed by atoms with Crippen molar-refractivity contribution in [3.8, 4) is 0 Å². The molecule has 10 heteroatoms. The molecule has 3 aromatic rings. The van der Waals surface area contributed by atoms with Crippen LogP contribution in [0.2, 0.25) is 0 Å². The zero-order chi connectivity index (χ0) is 21.3. The topological polar surface area (TPSA) is 124 Å². The number of hydrogen-bond acceptors (Lipinski definition) is 7. The monoisotopic (exact) mass is 410 g/mol. The van der Waals surface area contributed by atoms with Crippen LogP contribution in [-0.4, -0.2) is 45.9 Å². The van der Waals surface area contributed by atoms with E-state index in [-0.39, 0.29) is 17.2 Å². The van der Waals surface area contributed by atoms with Crippen LogP contribution in [0.3, 0.4) is 0 Å². The van der Waals surface area contributed by atoms with E-state index in [0.717, 1.165) is 11.1 Å². The number of carbonyl (C=O) groups excluding carboxylic acids is 1. The summed E-state index contributed by atoms with van der Waals surface area (Å²) in [6.07, 6.45) is 3.13. The average Bonchev–Trinajstić information content (AvgIpc) is 3.26. The molecular weight excluding hydrogens is 388 g/mol. The maximum absolute atomic E-state index is 12.5. The molecule has 0 fully saturated rings.